The van der Waals surface area contributed by atoms with Gasteiger partial charge in [0.05, 0.1) is 25.5 Å². The van der Waals surface area contributed by atoms with Crippen LogP contribution in [0, 0.1) is 5.92 Å². The molecule has 0 bridgehead atoms. The zero-order valence-electron chi connectivity index (χ0n) is 17.3. The van der Waals surface area contributed by atoms with Gasteiger partial charge in [-0.25, -0.2) is 4.99 Å². The first-order valence-corrected chi connectivity index (χ1v) is 10.7. The predicted octanol–water partition coefficient (Wildman–Crippen LogP) is 4.14. The summed E-state index contributed by atoms with van der Waals surface area (Å²) < 4.78 is 17.2. The van der Waals surface area contributed by atoms with Gasteiger partial charge in [-0.15, -0.1) is 24.0 Å². The topological polar surface area (TPSA) is 68.0 Å². The number of nitrogens with one attached hydrogen (secondary N) is 2. The van der Waals surface area contributed by atoms with Crippen LogP contribution < -0.4 is 15.4 Å². The second kappa shape index (κ2) is 12.2. The average Bonchev–Trinajstić information content (AvgIpc) is 3.18. The summed E-state index contributed by atoms with van der Waals surface area (Å²) >= 11 is 0. The van der Waals surface area contributed by atoms with Crippen LogP contribution in [0.15, 0.2) is 52.1 Å². The van der Waals surface area contributed by atoms with Crippen LogP contribution in [-0.2, 0) is 17.7 Å². The van der Waals surface area contributed by atoms with Gasteiger partial charge in [0, 0.05) is 31.7 Å². The molecule has 2 aliphatic rings. The van der Waals surface area contributed by atoms with Crippen molar-refractivity contribution >= 4 is 29.9 Å². The molecule has 0 radical (unpaired) electrons. The molecule has 2 N–H and O–H groups in total. The minimum absolute atomic E-state index is 0. The summed E-state index contributed by atoms with van der Waals surface area (Å²) in [6, 6.07) is 12.1. The quantitative estimate of drug-likeness (QED) is 0.277. The molecule has 30 heavy (non-hydrogen) atoms. The molecule has 1 atom stereocenters. The Morgan fingerprint density at radius 3 is 2.77 bits per heavy atom. The summed E-state index contributed by atoms with van der Waals surface area (Å²) in [7, 11) is 0. The van der Waals surface area contributed by atoms with E-state index in [1.165, 1.54) is 12.8 Å². The first kappa shape index (κ1) is 22.9. The molecule has 1 aliphatic carbocycles. The number of para-hydroxylation sites is 1. The van der Waals surface area contributed by atoms with Crippen molar-refractivity contribution in [1.82, 2.24) is 10.6 Å². The number of furan rings is 1. The Balaban J connectivity index is 0.00000256. The highest BCUT2D eigenvalue weighted by atomic mass is 127. The smallest absolute Gasteiger partial charge is 0.191 e. The third-order valence-electron chi connectivity index (χ3n) is 5.32. The van der Waals surface area contributed by atoms with Crippen molar-refractivity contribution in [2.24, 2.45) is 10.9 Å². The van der Waals surface area contributed by atoms with Gasteiger partial charge in [-0.05, 0) is 49.8 Å². The number of rotatable bonds is 10. The Morgan fingerprint density at radius 1 is 1.10 bits per heavy atom. The predicted molar refractivity (Wildman–Crippen MR) is 129 cm³/mol. The van der Waals surface area contributed by atoms with Crippen LogP contribution in [0.1, 0.15) is 37.0 Å². The number of ether oxygens (including phenoxy) is 2. The first-order chi connectivity index (χ1) is 14.4. The van der Waals surface area contributed by atoms with E-state index in [1.54, 1.807) is 6.26 Å². The fourth-order valence-electron chi connectivity index (χ4n) is 3.38. The monoisotopic (exact) mass is 525 g/mol. The Hall–Kier alpha value is -1.74. The third-order valence-corrected chi connectivity index (χ3v) is 5.32. The zero-order chi connectivity index (χ0) is 19.7. The molecule has 7 heteroatoms. The van der Waals surface area contributed by atoms with Gasteiger partial charge in [0.15, 0.2) is 5.96 Å². The summed E-state index contributed by atoms with van der Waals surface area (Å²) in [6.07, 6.45) is 7.60. The van der Waals surface area contributed by atoms with Gasteiger partial charge in [-0.3, -0.25) is 0 Å². The van der Waals surface area contributed by atoms with E-state index >= 15 is 0 Å². The molecule has 1 aromatic heterocycles. The highest BCUT2D eigenvalue weighted by Gasteiger charge is 2.22. The van der Waals surface area contributed by atoms with Crippen molar-refractivity contribution in [3.8, 4) is 5.75 Å². The first-order valence-electron chi connectivity index (χ1n) is 10.7. The summed E-state index contributed by atoms with van der Waals surface area (Å²) in [5.41, 5.74) is 1.11. The minimum atomic E-state index is 0. The van der Waals surface area contributed by atoms with Gasteiger partial charge < -0.3 is 24.5 Å². The molecule has 4 rings (SSSR count). The van der Waals surface area contributed by atoms with Crippen LogP contribution in [0.3, 0.4) is 0 Å². The van der Waals surface area contributed by atoms with E-state index in [9.17, 15) is 0 Å². The number of hydrogen-bond acceptors (Lipinski definition) is 4. The maximum absolute atomic E-state index is 6.02. The van der Waals surface area contributed by atoms with Crippen molar-refractivity contribution in [2.75, 3.05) is 26.3 Å². The number of guanidine groups is 1. The van der Waals surface area contributed by atoms with Gasteiger partial charge >= 0.3 is 0 Å². The zero-order valence-corrected chi connectivity index (χ0v) is 19.7. The second-order valence-corrected chi connectivity index (χ2v) is 7.80. The lowest BCUT2D eigenvalue weighted by Crippen LogP contribution is -2.41. The molecule has 6 nitrogen and oxygen atoms in total. The van der Waals surface area contributed by atoms with Crippen molar-refractivity contribution < 1.29 is 13.9 Å². The lowest BCUT2D eigenvalue weighted by atomic mass is 10.2. The van der Waals surface area contributed by atoms with Crippen LogP contribution in [0.5, 0.6) is 5.75 Å². The molecule has 1 unspecified atom stereocenters. The maximum Gasteiger partial charge on any atom is 0.191 e. The van der Waals surface area contributed by atoms with E-state index in [0.717, 1.165) is 74.5 Å². The van der Waals surface area contributed by atoms with E-state index in [-0.39, 0.29) is 30.1 Å². The molecule has 0 amide bonds. The Morgan fingerprint density at radius 2 is 2.00 bits per heavy atom. The number of nitrogens with zero attached hydrogens (tertiary/aromatic N) is 1. The third kappa shape index (κ3) is 7.50. The van der Waals surface area contributed by atoms with Crippen LogP contribution in [0.2, 0.25) is 0 Å². The molecule has 2 fully saturated rings. The van der Waals surface area contributed by atoms with Crippen molar-refractivity contribution in [1.29, 1.82) is 0 Å². The molecule has 2 aromatic rings. The molecule has 1 aromatic carbocycles. The highest BCUT2D eigenvalue weighted by molar-refractivity contribution is 14.0. The minimum Gasteiger partial charge on any atom is -0.493 e. The summed E-state index contributed by atoms with van der Waals surface area (Å²) in [4.78, 5) is 4.81. The molecule has 0 spiro atoms. The van der Waals surface area contributed by atoms with Gasteiger partial charge in [-0.1, -0.05) is 18.2 Å². The van der Waals surface area contributed by atoms with E-state index in [4.69, 9.17) is 18.9 Å². The van der Waals surface area contributed by atoms with Gasteiger partial charge in [0.25, 0.3) is 0 Å². The van der Waals surface area contributed by atoms with E-state index in [2.05, 4.69) is 16.7 Å². The highest BCUT2D eigenvalue weighted by Crippen LogP contribution is 2.30. The van der Waals surface area contributed by atoms with Gasteiger partial charge in [0.2, 0.25) is 0 Å². The fraction of sp³-hybridized carbons (Fsp3) is 0.522. The molecule has 2 heterocycles. The van der Waals surface area contributed by atoms with Crippen molar-refractivity contribution in [2.45, 2.75) is 44.8 Å². The van der Waals surface area contributed by atoms with E-state index in [1.807, 2.05) is 30.3 Å². The summed E-state index contributed by atoms with van der Waals surface area (Å²) in [5.74, 6) is 3.44. The number of benzene rings is 1. The van der Waals surface area contributed by atoms with Crippen molar-refractivity contribution in [3.63, 3.8) is 0 Å². The van der Waals surface area contributed by atoms with Crippen LogP contribution in [0.25, 0.3) is 0 Å². The Bertz CT molecular complexity index is 772. The summed E-state index contributed by atoms with van der Waals surface area (Å²) in [6.45, 7) is 3.77. The lowest BCUT2D eigenvalue weighted by molar-refractivity contribution is 0.114. The number of aliphatic imine (C=N–C) groups is 1. The second-order valence-electron chi connectivity index (χ2n) is 7.80. The van der Waals surface area contributed by atoms with Crippen LogP contribution >= 0.6 is 24.0 Å². The van der Waals surface area contributed by atoms with Gasteiger partial charge in [0.1, 0.15) is 11.5 Å². The molecular weight excluding hydrogens is 493 g/mol. The Kier molecular flexibility index (Phi) is 9.32. The molecule has 1 saturated heterocycles. The lowest BCUT2D eigenvalue weighted by Gasteiger charge is -2.16. The van der Waals surface area contributed by atoms with Crippen LogP contribution in [0.4, 0.5) is 0 Å². The largest absolute Gasteiger partial charge is 0.493 e. The number of halogens is 1. The molecule has 1 aliphatic heterocycles. The normalized spacial score (nSPS) is 18.7. The maximum atomic E-state index is 6.02. The summed E-state index contributed by atoms with van der Waals surface area (Å²) in [5, 5.41) is 6.85. The molecule has 164 valence electrons. The Labute approximate surface area is 195 Å². The van der Waals surface area contributed by atoms with E-state index < -0.39 is 0 Å². The van der Waals surface area contributed by atoms with Crippen molar-refractivity contribution in [3.05, 3.63) is 54.0 Å². The average molecular weight is 525 g/mol. The SMILES string of the molecule is I.c1coc(CCNC(=NCc2ccccc2OCC2CC2)NCC2CCCO2)c1. The fourth-order valence-corrected chi connectivity index (χ4v) is 3.38. The molecular formula is C23H32IN3O3. The number of hydrogen-bond donors (Lipinski definition) is 2. The van der Waals surface area contributed by atoms with Crippen LogP contribution in [-0.4, -0.2) is 38.4 Å². The standard InChI is InChI=1S/C23H31N3O3.HI/c1-2-8-22(29-17-18-9-10-18)19(5-1)15-25-23(26-16-21-7-4-14-28-21)24-12-11-20-6-3-13-27-20;/h1-3,5-6,8,13,18,21H,4,7,9-12,14-17H2,(H2,24,25,26);1H. The van der Waals surface area contributed by atoms with Gasteiger partial charge in [-0.2, -0.15) is 0 Å². The molecule has 1 saturated carbocycles. The van der Waals surface area contributed by atoms with E-state index in [0.29, 0.717) is 6.54 Å².